The quantitative estimate of drug-likeness (QED) is 0.861. The van der Waals surface area contributed by atoms with E-state index in [4.69, 9.17) is 5.73 Å². The Hall–Kier alpha value is -0.870. The molecule has 0 bridgehead atoms. The normalized spacial score (nSPS) is 10.4. The number of aromatic nitrogens is 1. The van der Waals surface area contributed by atoms with E-state index in [0.717, 1.165) is 15.7 Å². The van der Waals surface area contributed by atoms with Crippen LogP contribution in [0.15, 0.2) is 28.1 Å². The molecule has 0 atom stereocenters. The summed E-state index contributed by atoms with van der Waals surface area (Å²) >= 11 is 4.97. The van der Waals surface area contributed by atoms with Crippen molar-refractivity contribution >= 4 is 32.4 Å². The summed E-state index contributed by atoms with van der Waals surface area (Å²) in [5, 5.41) is 2.57. The van der Waals surface area contributed by atoms with Crippen molar-refractivity contribution in [3.05, 3.63) is 33.6 Å². The Morgan fingerprint density at radius 1 is 1.43 bits per heavy atom. The molecule has 2 aromatic rings. The lowest BCUT2D eigenvalue weighted by molar-refractivity contribution is 1.38. The first-order valence-corrected chi connectivity index (χ1v) is 5.81. The fourth-order valence-corrected chi connectivity index (χ4v) is 2.50. The summed E-state index contributed by atoms with van der Waals surface area (Å²) < 4.78 is 1.06. The smallest absolute Gasteiger partial charge is 0.180 e. The Morgan fingerprint density at radius 2 is 2.21 bits per heavy atom. The van der Waals surface area contributed by atoms with Crippen molar-refractivity contribution in [1.82, 2.24) is 4.98 Å². The average molecular weight is 269 g/mol. The molecule has 2 N–H and O–H groups in total. The number of anilines is 1. The third-order valence-electron chi connectivity index (χ3n) is 1.92. The van der Waals surface area contributed by atoms with Crippen LogP contribution in [0.3, 0.4) is 0 Å². The number of rotatable bonds is 1. The molecule has 0 fully saturated rings. The predicted octanol–water partition coefficient (Wildman–Crippen LogP) is 3.46. The van der Waals surface area contributed by atoms with Gasteiger partial charge >= 0.3 is 0 Å². The van der Waals surface area contributed by atoms with Gasteiger partial charge in [0.2, 0.25) is 0 Å². The maximum absolute atomic E-state index is 5.59. The molecule has 0 amide bonds. The fourth-order valence-electron chi connectivity index (χ4n) is 1.24. The molecule has 2 rings (SSSR count). The zero-order valence-electron chi connectivity index (χ0n) is 7.62. The van der Waals surface area contributed by atoms with Gasteiger partial charge in [-0.25, -0.2) is 4.98 Å². The van der Waals surface area contributed by atoms with Crippen LogP contribution >= 0.6 is 27.3 Å². The second kappa shape index (κ2) is 3.71. The van der Waals surface area contributed by atoms with Crippen LogP contribution < -0.4 is 5.73 Å². The van der Waals surface area contributed by atoms with Crippen molar-refractivity contribution < 1.29 is 0 Å². The Labute approximate surface area is 94.9 Å². The molecule has 0 saturated heterocycles. The van der Waals surface area contributed by atoms with Crippen molar-refractivity contribution in [3.8, 4) is 11.3 Å². The molecule has 2 nitrogen and oxygen atoms in total. The predicted molar refractivity (Wildman–Crippen MR) is 64.4 cm³/mol. The molecule has 0 saturated carbocycles. The van der Waals surface area contributed by atoms with Gasteiger partial charge < -0.3 is 5.73 Å². The Bertz CT molecular complexity index is 465. The number of hydrogen-bond donors (Lipinski definition) is 1. The molecule has 14 heavy (non-hydrogen) atoms. The van der Waals surface area contributed by atoms with Gasteiger partial charge in [0.25, 0.3) is 0 Å². The summed E-state index contributed by atoms with van der Waals surface area (Å²) in [6.07, 6.45) is 0. The van der Waals surface area contributed by atoms with Crippen LogP contribution in [-0.2, 0) is 0 Å². The van der Waals surface area contributed by atoms with E-state index in [1.807, 2.05) is 11.4 Å². The van der Waals surface area contributed by atoms with Crippen LogP contribution in [0.2, 0.25) is 0 Å². The van der Waals surface area contributed by atoms with Crippen LogP contribution in [0.4, 0.5) is 5.13 Å². The lowest BCUT2D eigenvalue weighted by Crippen LogP contribution is -1.84. The van der Waals surface area contributed by atoms with Crippen LogP contribution in [-0.4, -0.2) is 4.98 Å². The van der Waals surface area contributed by atoms with Gasteiger partial charge in [-0.1, -0.05) is 28.1 Å². The highest BCUT2D eigenvalue weighted by Gasteiger charge is 2.06. The van der Waals surface area contributed by atoms with Gasteiger partial charge in [0.1, 0.15) is 0 Å². The first-order chi connectivity index (χ1) is 6.66. The third kappa shape index (κ3) is 1.81. The van der Waals surface area contributed by atoms with Crippen LogP contribution in [0.25, 0.3) is 11.3 Å². The Morgan fingerprint density at radius 3 is 2.79 bits per heavy atom. The number of thiazole rings is 1. The van der Waals surface area contributed by atoms with Crippen LogP contribution in [0.1, 0.15) is 5.56 Å². The number of nitrogens with two attached hydrogens (primary N) is 1. The number of nitrogens with zero attached hydrogens (tertiary/aromatic N) is 1. The minimum atomic E-state index is 0.604. The van der Waals surface area contributed by atoms with Gasteiger partial charge in [0.15, 0.2) is 5.13 Å². The van der Waals surface area contributed by atoms with Gasteiger partial charge in [-0.05, 0) is 18.6 Å². The lowest BCUT2D eigenvalue weighted by atomic mass is 10.1. The molecule has 1 aromatic heterocycles. The van der Waals surface area contributed by atoms with Crippen molar-refractivity contribution in [2.45, 2.75) is 6.92 Å². The first kappa shape index (κ1) is 9.68. The van der Waals surface area contributed by atoms with E-state index in [2.05, 4.69) is 40.0 Å². The topological polar surface area (TPSA) is 38.9 Å². The standard InChI is InChI=1S/C10H9BrN2S/c1-6-2-3-7(8(11)4-6)9-5-14-10(12)13-9/h2-5H,1H3,(H2,12,13). The third-order valence-corrected chi connectivity index (χ3v) is 3.25. The minimum Gasteiger partial charge on any atom is -0.375 e. The van der Waals surface area contributed by atoms with Gasteiger partial charge in [-0.15, -0.1) is 11.3 Å². The Balaban J connectivity index is 2.52. The summed E-state index contributed by atoms with van der Waals surface area (Å²) in [4.78, 5) is 4.24. The molecule has 4 heteroatoms. The fraction of sp³-hybridized carbons (Fsp3) is 0.100. The number of benzene rings is 1. The number of halogens is 1. The van der Waals surface area contributed by atoms with Crippen LogP contribution in [0.5, 0.6) is 0 Å². The second-order valence-corrected chi connectivity index (χ2v) is 4.80. The van der Waals surface area contributed by atoms with E-state index in [0.29, 0.717) is 5.13 Å². The molecule has 0 spiro atoms. The highest BCUT2D eigenvalue weighted by atomic mass is 79.9. The van der Waals surface area contributed by atoms with E-state index in [-0.39, 0.29) is 0 Å². The van der Waals surface area contributed by atoms with Crippen molar-refractivity contribution in [3.63, 3.8) is 0 Å². The molecule has 0 aliphatic heterocycles. The zero-order chi connectivity index (χ0) is 10.1. The van der Waals surface area contributed by atoms with E-state index in [1.165, 1.54) is 16.9 Å². The molecule has 1 aromatic carbocycles. The largest absolute Gasteiger partial charge is 0.375 e. The van der Waals surface area contributed by atoms with Gasteiger partial charge in [-0.2, -0.15) is 0 Å². The second-order valence-electron chi connectivity index (χ2n) is 3.05. The summed E-state index contributed by atoms with van der Waals surface area (Å²) in [7, 11) is 0. The summed E-state index contributed by atoms with van der Waals surface area (Å²) in [5.41, 5.74) is 8.83. The van der Waals surface area contributed by atoms with E-state index in [1.54, 1.807) is 0 Å². The minimum absolute atomic E-state index is 0.604. The zero-order valence-corrected chi connectivity index (χ0v) is 10.0. The summed E-state index contributed by atoms with van der Waals surface area (Å²) in [6.45, 7) is 2.06. The lowest BCUT2D eigenvalue weighted by Gasteiger charge is -2.01. The van der Waals surface area contributed by atoms with E-state index < -0.39 is 0 Å². The number of hydrogen-bond acceptors (Lipinski definition) is 3. The van der Waals surface area contributed by atoms with E-state index >= 15 is 0 Å². The molecule has 0 unspecified atom stereocenters. The van der Waals surface area contributed by atoms with Crippen molar-refractivity contribution in [2.75, 3.05) is 5.73 Å². The monoisotopic (exact) mass is 268 g/mol. The summed E-state index contributed by atoms with van der Waals surface area (Å²) in [6, 6.07) is 6.19. The van der Waals surface area contributed by atoms with Gasteiger partial charge in [-0.3, -0.25) is 0 Å². The Kier molecular flexibility index (Phi) is 2.56. The molecular formula is C10H9BrN2S. The first-order valence-electron chi connectivity index (χ1n) is 4.14. The summed E-state index contributed by atoms with van der Waals surface area (Å²) in [5.74, 6) is 0. The molecular weight excluding hydrogens is 260 g/mol. The highest BCUT2D eigenvalue weighted by molar-refractivity contribution is 9.10. The van der Waals surface area contributed by atoms with E-state index in [9.17, 15) is 0 Å². The van der Waals surface area contributed by atoms with Crippen molar-refractivity contribution in [1.29, 1.82) is 0 Å². The molecule has 1 heterocycles. The van der Waals surface area contributed by atoms with Gasteiger partial charge in [0.05, 0.1) is 5.69 Å². The molecule has 0 aliphatic carbocycles. The number of nitrogen functional groups attached to an aromatic ring is 1. The number of aryl methyl sites for hydroxylation is 1. The maximum Gasteiger partial charge on any atom is 0.180 e. The highest BCUT2D eigenvalue weighted by Crippen LogP contribution is 2.30. The SMILES string of the molecule is Cc1ccc(-c2csc(N)n2)c(Br)c1. The molecule has 0 aliphatic rings. The van der Waals surface area contributed by atoms with Crippen molar-refractivity contribution in [2.24, 2.45) is 0 Å². The molecule has 0 radical (unpaired) electrons. The molecule has 72 valence electrons. The van der Waals surface area contributed by atoms with Crippen LogP contribution in [0, 0.1) is 6.92 Å². The van der Waals surface area contributed by atoms with Gasteiger partial charge in [0, 0.05) is 15.4 Å². The average Bonchev–Trinajstić information content (AvgIpc) is 2.51. The maximum atomic E-state index is 5.59.